The molecule has 0 bridgehead atoms. The van der Waals surface area contributed by atoms with Gasteiger partial charge in [0.1, 0.15) is 11.4 Å². The van der Waals surface area contributed by atoms with E-state index in [9.17, 15) is 19.5 Å². The lowest BCUT2D eigenvalue weighted by atomic mass is 9.90. The van der Waals surface area contributed by atoms with Crippen LogP contribution in [0.15, 0.2) is 70.7 Å². The fourth-order valence-corrected chi connectivity index (χ4v) is 5.28. The molecule has 1 fully saturated rings. The molecule has 11 heteroatoms. The van der Waals surface area contributed by atoms with E-state index in [4.69, 9.17) is 5.73 Å². The van der Waals surface area contributed by atoms with E-state index in [-0.39, 0.29) is 42.3 Å². The molecule has 1 aliphatic heterocycles. The molecule has 0 unspecified atom stereocenters. The van der Waals surface area contributed by atoms with E-state index in [1.165, 1.54) is 18.0 Å². The number of ether oxygens (including phenoxy) is 1. The lowest BCUT2D eigenvalue weighted by Crippen LogP contribution is -2.50. The van der Waals surface area contributed by atoms with E-state index in [1.807, 2.05) is 61.5 Å². The van der Waals surface area contributed by atoms with Gasteiger partial charge in [-0.1, -0.05) is 61.5 Å². The molecule has 1 amide bonds. The van der Waals surface area contributed by atoms with Crippen molar-refractivity contribution in [2.24, 2.45) is 4.99 Å². The third-order valence-corrected chi connectivity index (χ3v) is 7.93. The number of aromatic nitrogens is 2. The van der Waals surface area contributed by atoms with Gasteiger partial charge >= 0.3 is 5.97 Å². The van der Waals surface area contributed by atoms with Gasteiger partial charge in [0, 0.05) is 38.7 Å². The molecule has 0 spiro atoms. The van der Waals surface area contributed by atoms with Crippen LogP contribution in [0, 0.1) is 0 Å². The lowest BCUT2D eigenvalue weighted by Gasteiger charge is -2.38. The summed E-state index contributed by atoms with van der Waals surface area (Å²) >= 11 is 0. The highest BCUT2D eigenvalue weighted by Crippen LogP contribution is 2.26. The summed E-state index contributed by atoms with van der Waals surface area (Å²) in [5, 5.41) is 14.3. The summed E-state index contributed by atoms with van der Waals surface area (Å²) in [7, 11) is 2.94. The predicted octanol–water partition coefficient (Wildman–Crippen LogP) is 2.10. The standard InChI is InChI=1S/C32H40N6O5/c1-22(24-7-5-4-6-8-24)17-26(39)37-15-13-32(42,14-16-37)20-38-21-36-30(28(33)31(38)41)29(34-2)25-11-9-23(10-12-25)18-35-19-27(40)43-3/h4-12,21-22,35,42H,13-20,33H2,1-3H3/t22-/m1/s1. The van der Waals surface area contributed by atoms with Crippen LogP contribution in [0.4, 0.5) is 5.69 Å². The van der Waals surface area contributed by atoms with Gasteiger partial charge in [0.15, 0.2) is 0 Å². The van der Waals surface area contributed by atoms with E-state index in [0.717, 1.165) is 16.7 Å². The number of carbonyl (C=O) groups excluding carboxylic acids is 2. The molecule has 1 aliphatic rings. The Morgan fingerprint density at radius 2 is 1.81 bits per heavy atom. The Labute approximate surface area is 251 Å². The monoisotopic (exact) mass is 588 g/mol. The van der Waals surface area contributed by atoms with E-state index in [0.29, 0.717) is 44.6 Å². The van der Waals surface area contributed by atoms with Crippen LogP contribution in [-0.2, 0) is 27.4 Å². The van der Waals surface area contributed by atoms with Crippen molar-refractivity contribution in [3.63, 3.8) is 0 Å². The minimum absolute atomic E-state index is 0.0254. The van der Waals surface area contributed by atoms with Crippen molar-refractivity contribution >= 4 is 23.3 Å². The number of nitrogens with one attached hydrogen (secondary N) is 1. The van der Waals surface area contributed by atoms with Gasteiger partial charge < -0.3 is 25.8 Å². The van der Waals surface area contributed by atoms with Gasteiger partial charge in [-0.15, -0.1) is 0 Å². The first-order valence-corrected chi connectivity index (χ1v) is 14.4. The second kappa shape index (κ2) is 14.2. The number of nitrogens with zero attached hydrogens (tertiary/aromatic N) is 4. The van der Waals surface area contributed by atoms with Gasteiger partial charge in [-0.2, -0.15) is 0 Å². The molecule has 4 N–H and O–H groups in total. The number of aliphatic hydroxyl groups is 1. The molecule has 3 aromatic rings. The zero-order chi connectivity index (χ0) is 31.0. The highest BCUT2D eigenvalue weighted by Gasteiger charge is 2.35. The number of anilines is 1. The minimum Gasteiger partial charge on any atom is -0.468 e. The Balaban J connectivity index is 1.38. The maximum Gasteiger partial charge on any atom is 0.319 e. The van der Waals surface area contributed by atoms with Crippen LogP contribution in [0.2, 0.25) is 0 Å². The number of amides is 1. The van der Waals surface area contributed by atoms with Crippen LogP contribution >= 0.6 is 0 Å². The normalized spacial score (nSPS) is 15.6. The number of benzene rings is 2. The topological polar surface area (TPSA) is 152 Å². The number of likely N-dealkylation sites (tertiary alicyclic amines) is 1. The molecular formula is C32H40N6O5. The number of rotatable bonds is 11. The second-order valence-corrected chi connectivity index (χ2v) is 11.0. The van der Waals surface area contributed by atoms with Crippen molar-refractivity contribution in [3.05, 3.63) is 93.7 Å². The number of nitrogens with two attached hydrogens (primary N) is 1. The maximum absolute atomic E-state index is 13.3. The van der Waals surface area contributed by atoms with Crippen LogP contribution in [0.25, 0.3) is 0 Å². The third kappa shape index (κ3) is 7.94. The highest BCUT2D eigenvalue weighted by atomic mass is 16.5. The van der Waals surface area contributed by atoms with Gasteiger partial charge in [-0.3, -0.25) is 23.9 Å². The molecule has 4 rings (SSSR count). The quantitative estimate of drug-likeness (QED) is 0.228. The molecule has 0 radical (unpaired) electrons. The summed E-state index contributed by atoms with van der Waals surface area (Å²) in [6, 6.07) is 17.4. The molecule has 0 saturated carbocycles. The van der Waals surface area contributed by atoms with Crippen LogP contribution < -0.4 is 16.6 Å². The van der Waals surface area contributed by atoms with Crippen molar-refractivity contribution in [1.82, 2.24) is 19.8 Å². The Hall–Kier alpha value is -4.35. The number of aliphatic imine (C=N–C) groups is 1. The fraction of sp³-hybridized carbons (Fsp3) is 0.406. The molecule has 0 aliphatic carbocycles. The Morgan fingerprint density at radius 3 is 2.44 bits per heavy atom. The fourth-order valence-electron chi connectivity index (χ4n) is 5.28. The van der Waals surface area contributed by atoms with Gasteiger partial charge in [0.05, 0.1) is 37.8 Å². The summed E-state index contributed by atoms with van der Waals surface area (Å²) in [6.07, 6.45) is 2.48. The SMILES string of the molecule is CN=C(c1ccc(CNCC(=O)OC)cc1)c1ncn(CC2(O)CCN(C(=O)C[C@@H](C)c3ccccc3)CC2)c(=O)c1N. The van der Waals surface area contributed by atoms with E-state index in [2.05, 4.69) is 20.0 Å². The predicted molar refractivity (Wildman–Crippen MR) is 165 cm³/mol. The molecule has 1 saturated heterocycles. The number of piperidine rings is 1. The van der Waals surface area contributed by atoms with Crippen molar-refractivity contribution in [2.45, 2.75) is 50.8 Å². The number of hydrogen-bond acceptors (Lipinski definition) is 9. The number of hydrogen-bond donors (Lipinski definition) is 3. The van der Waals surface area contributed by atoms with E-state index >= 15 is 0 Å². The Kier molecular flexibility index (Phi) is 10.4. The zero-order valence-corrected chi connectivity index (χ0v) is 25.0. The summed E-state index contributed by atoms with van der Waals surface area (Å²) in [4.78, 5) is 48.1. The first kappa shape index (κ1) is 31.6. The van der Waals surface area contributed by atoms with E-state index < -0.39 is 11.2 Å². The van der Waals surface area contributed by atoms with Gasteiger partial charge in [-0.25, -0.2) is 4.98 Å². The Bertz CT molecular complexity index is 1490. The highest BCUT2D eigenvalue weighted by molar-refractivity contribution is 6.14. The van der Waals surface area contributed by atoms with Gasteiger partial charge in [-0.05, 0) is 29.9 Å². The van der Waals surface area contributed by atoms with Crippen molar-refractivity contribution in [2.75, 3.05) is 39.5 Å². The van der Waals surface area contributed by atoms with Crippen LogP contribution in [0.1, 0.15) is 54.5 Å². The molecule has 1 atom stereocenters. The largest absolute Gasteiger partial charge is 0.468 e. The number of methoxy groups -OCH3 is 1. The number of esters is 1. The molecule has 1 aromatic heterocycles. The molecular weight excluding hydrogens is 548 g/mol. The van der Waals surface area contributed by atoms with Crippen molar-refractivity contribution in [3.8, 4) is 0 Å². The minimum atomic E-state index is -1.17. The molecule has 11 nitrogen and oxygen atoms in total. The lowest BCUT2D eigenvalue weighted by molar-refractivity contribution is -0.139. The third-order valence-electron chi connectivity index (χ3n) is 7.93. The number of carbonyl (C=O) groups is 2. The summed E-state index contributed by atoms with van der Waals surface area (Å²) in [5.41, 5.74) is 8.12. The average molecular weight is 589 g/mol. The smallest absolute Gasteiger partial charge is 0.319 e. The van der Waals surface area contributed by atoms with Gasteiger partial charge in [0.2, 0.25) is 5.91 Å². The second-order valence-electron chi connectivity index (χ2n) is 11.0. The summed E-state index contributed by atoms with van der Waals surface area (Å²) in [5.74, 6) is -0.182. The number of nitrogen functional groups attached to an aromatic ring is 1. The molecule has 43 heavy (non-hydrogen) atoms. The molecule has 228 valence electrons. The zero-order valence-electron chi connectivity index (χ0n) is 25.0. The first-order chi connectivity index (χ1) is 20.6. The summed E-state index contributed by atoms with van der Waals surface area (Å²) < 4.78 is 5.96. The van der Waals surface area contributed by atoms with Crippen LogP contribution in [0.3, 0.4) is 0 Å². The van der Waals surface area contributed by atoms with Crippen LogP contribution in [-0.4, -0.2) is 76.5 Å². The maximum atomic E-state index is 13.3. The van der Waals surface area contributed by atoms with Crippen molar-refractivity contribution < 1.29 is 19.4 Å². The van der Waals surface area contributed by atoms with Crippen molar-refractivity contribution in [1.29, 1.82) is 0 Å². The van der Waals surface area contributed by atoms with Gasteiger partial charge in [0.25, 0.3) is 5.56 Å². The molecule has 2 aromatic carbocycles. The average Bonchev–Trinajstić information content (AvgIpc) is 3.02. The van der Waals surface area contributed by atoms with E-state index in [1.54, 1.807) is 11.9 Å². The summed E-state index contributed by atoms with van der Waals surface area (Å²) in [6.45, 7) is 3.47. The molecule has 2 heterocycles. The Morgan fingerprint density at radius 1 is 1.14 bits per heavy atom. The first-order valence-electron chi connectivity index (χ1n) is 14.4. The van der Waals surface area contributed by atoms with Crippen LogP contribution in [0.5, 0.6) is 0 Å².